The number of anilines is 4. The van der Waals surface area contributed by atoms with Crippen LogP contribution in [0.1, 0.15) is 5.56 Å². The topological polar surface area (TPSA) is 109 Å². The molecular formula is C25H28N6O3S. The lowest BCUT2D eigenvalue weighted by atomic mass is 10.2. The van der Waals surface area contributed by atoms with Gasteiger partial charge in [0, 0.05) is 37.4 Å². The van der Waals surface area contributed by atoms with Gasteiger partial charge >= 0.3 is 0 Å². The zero-order chi connectivity index (χ0) is 25.2. The Hall–Kier alpha value is -3.76. The van der Waals surface area contributed by atoms with Crippen molar-refractivity contribution in [2.75, 3.05) is 37.5 Å². The molecule has 3 heterocycles. The Balaban J connectivity index is 1.79. The lowest BCUT2D eigenvalue weighted by Crippen LogP contribution is -2.26. The SMILES string of the molecule is Cc1ccnc(Nc2cc3ccn(CCN(C)C)c(=O)c3c(Nc3ccc(S(C)(=O)=O)cc3)n2)c1. The van der Waals surface area contributed by atoms with Crippen LogP contribution in [0.2, 0.25) is 0 Å². The number of aromatic nitrogens is 3. The van der Waals surface area contributed by atoms with Crippen LogP contribution < -0.4 is 16.2 Å². The molecule has 0 bridgehead atoms. The number of hydrogen-bond acceptors (Lipinski definition) is 8. The Morgan fingerprint density at radius 2 is 1.74 bits per heavy atom. The molecule has 0 spiro atoms. The molecule has 9 nitrogen and oxygen atoms in total. The van der Waals surface area contributed by atoms with Gasteiger partial charge in [-0.2, -0.15) is 0 Å². The number of aryl methyl sites for hydroxylation is 1. The zero-order valence-electron chi connectivity index (χ0n) is 20.1. The quantitative estimate of drug-likeness (QED) is 0.384. The van der Waals surface area contributed by atoms with E-state index in [9.17, 15) is 13.2 Å². The van der Waals surface area contributed by atoms with Crippen LogP contribution in [0.5, 0.6) is 0 Å². The monoisotopic (exact) mass is 492 g/mol. The Morgan fingerprint density at radius 1 is 1.00 bits per heavy atom. The predicted octanol–water partition coefficient (Wildman–Crippen LogP) is 3.55. The Labute approximate surface area is 204 Å². The molecule has 182 valence electrons. The van der Waals surface area contributed by atoms with Gasteiger partial charge in [0.1, 0.15) is 17.5 Å². The third kappa shape index (κ3) is 5.84. The molecule has 0 atom stereocenters. The van der Waals surface area contributed by atoms with Gasteiger partial charge in [-0.15, -0.1) is 0 Å². The minimum Gasteiger partial charge on any atom is -0.339 e. The second-order valence-corrected chi connectivity index (χ2v) is 10.7. The van der Waals surface area contributed by atoms with Crippen LogP contribution in [0.3, 0.4) is 0 Å². The average Bonchev–Trinajstić information content (AvgIpc) is 2.78. The first kappa shape index (κ1) is 24.4. The number of rotatable bonds is 8. The molecule has 4 rings (SSSR count). The Morgan fingerprint density at radius 3 is 2.40 bits per heavy atom. The molecule has 0 saturated carbocycles. The molecule has 0 aliphatic heterocycles. The number of fused-ring (bicyclic) bond motifs is 1. The molecule has 0 unspecified atom stereocenters. The van der Waals surface area contributed by atoms with Crippen molar-refractivity contribution in [1.82, 2.24) is 19.4 Å². The number of hydrogen-bond donors (Lipinski definition) is 2. The minimum absolute atomic E-state index is 0.160. The van der Waals surface area contributed by atoms with Gasteiger partial charge in [0.2, 0.25) is 0 Å². The van der Waals surface area contributed by atoms with E-state index in [2.05, 4.69) is 20.6 Å². The van der Waals surface area contributed by atoms with E-state index < -0.39 is 9.84 Å². The zero-order valence-corrected chi connectivity index (χ0v) is 20.9. The second kappa shape index (κ2) is 9.85. The first-order chi connectivity index (χ1) is 16.6. The third-order valence-corrected chi connectivity index (χ3v) is 6.59. The van der Waals surface area contributed by atoms with Gasteiger partial charge in [-0.05, 0) is 80.5 Å². The summed E-state index contributed by atoms with van der Waals surface area (Å²) in [5, 5.41) is 7.58. The van der Waals surface area contributed by atoms with Gasteiger partial charge < -0.3 is 20.1 Å². The van der Waals surface area contributed by atoms with Crippen LogP contribution >= 0.6 is 0 Å². The third-order valence-electron chi connectivity index (χ3n) is 5.46. The maximum absolute atomic E-state index is 13.4. The molecule has 4 aromatic rings. The van der Waals surface area contributed by atoms with Crippen molar-refractivity contribution in [3.05, 3.63) is 76.8 Å². The summed E-state index contributed by atoms with van der Waals surface area (Å²) >= 11 is 0. The average molecular weight is 493 g/mol. The molecule has 0 fully saturated rings. The van der Waals surface area contributed by atoms with E-state index in [0.29, 0.717) is 41.6 Å². The van der Waals surface area contributed by atoms with Crippen molar-refractivity contribution in [1.29, 1.82) is 0 Å². The first-order valence-electron chi connectivity index (χ1n) is 11.1. The van der Waals surface area contributed by atoms with E-state index in [1.807, 2.05) is 50.2 Å². The maximum Gasteiger partial charge on any atom is 0.262 e. The summed E-state index contributed by atoms with van der Waals surface area (Å²) in [7, 11) is 0.597. The summed E-state index contributed by atoms with van der Waals surface area (Å²) in [6.45, 7) is 3.23. The number of sulfone groups is 1. The summed E-state index contributed by atoms with van der Waals surface area (Å²) in [6, 6.07) is 13.9. The van der Waals surface area contributed by atoms with E-state index in [1.54, 1.807) is 29.1 Å². The van der Waals surface area contributed by atoms with E-state index in [4.69, 9.17) is 0 Å². The Bertz CT molecular complexity index is 1530. The van der Waals surface area contributed by atoms with E-state index >= 15 is 0 Å². The predicted molar refractivity (Wildman–Crippen MR) is 140 cm³/mol. The van der Waals surface area contributed by atoms with Crippen molar-refractivity contribution in [3.8, 4) is 0 Å². The maximum atomic E-state index is 13.4. The number of nitrogens with zero attached hydrogens (tertiary/aromatic N) is 4. The van der Waals surface area contributed by atoms with Gasteiger partial charge in [-0.25, -0.2) is 18.4 Å². The van der Waals surface area contributed by atoms with Gasteiger partial charge in [-0.1, -0.05) is 0 Å². The fraction of sp³-hybridized carbons (Fsp3) is 0.240. The van der Waals surface area contributed by atoms with Gasteiger partial charge in [0.05, 0.1) is 10.3 Å². The van der Waals surface area contributed by atoms with Crippen molar-refractivity contribution in [2.45, 2.75) is 18.4 Å². The molecule has 10 heteroatoms. The summed E-state index contributed by atoms with van der Waals surface area (Å²) in [6.07, 6.45) is 4.66. The summed E-state index contributed by atoms with van der Waals surface area (Å²) in [5.41, 5.74) is 1.50. The van der Waals surface area contributed by atoms with Crippen LogP contribution in [-0.4, -0.2) is 54.7 Å². The smallest absolute Gasteiger partial charge is 0.262 e. The van der Waals surface area contributed by atoms with Crippen molar-refractivity contribution in [3.63, 3.8) is 0 Å². The number of likely N-dealkylation sites (N-methyl/N-ethyl adjacent to an activating group) is 1. The van der Waals surface area contributed by atoms with Crippen LogP contribution in [0, 0.1) is 6.92 Å². The normalized spacial score (nSPS) is 11.7. The fourth-order valence-corrected chi connectivity index (χ4v) is 4.23. The lowest BCUT2D eigenvalue weighted by molar-refractivity contribution is 0.381. The molecule has 35 heavy (non-hydrogen) atoms. The Kier molecular flexibility index (Phi) is 6.86. The van der Waals surface area contributed by atoms with Crippen LogP contribution in [0.15, 0.2) is 70.6 Å². The second-order valence-electron chi connectivity index (χ2n) is 8.70. The molecular weight excluding hydrogens is 464 g/mol. The fourth-order valence-electron chi connectivity index (χ4n) is 3.60. The highest BCUT2D eigenvalue weighted by atomic mass is 32.2. The molecule has 0 aliphatic rings. The minimum atomic E-state index is -3.32. The largest absolute Gasteiger partial charge is 0.339 e. The standard InChI is InChI=1S/C25H28N6O3S/c1-17-9-11-26-21(15-17)28-22-16-18-10-12-31(14-13-30(2)3)25(32)23(18)24(29-22)27-19-5-7-20(8-6-19)35(4,33)34/h5-12,15-16H,13-14H2,1-4H3,(H2,26,27,28,29). The van der Waals surface area contributed by atoms with Gasteiger partial charge in [0.25, 0.3) is 5.56 Å². The summed E-state index contributed by atoms with van der Waals surface area (Å²) in [5.74, 6) is 1.53. The first-order valence-corrected chi connectivity index (χ1v) is 12.9. The van der Waals surface area contributed by atoms with E-state index in [0.717, 1.165) is 17.2 Å². The highest BCUT2D eigenvalue weighted by Crippen LogP contribution is 2.27. The van der Waals surface area contributed by atoms with E-state index in [-0.39, 0.29) is 10.5 Å². The number of pyridine rings is 3. The highest BCUT2D eigenvalue weighted by molar-refractivity contribution is 7.90. The number of nitrogens with one attached hydrogen (secondary N) is 2. The summed E-state index contributed by atoms with van der Waals surface area (Å²) < 4.78 is 25.3. The molecule has 0 saturated heterocycles. The molecule has 3 aromatic heterocycles. The summed E-state index contributed by atoms with van der Waals surface area (Å²) in [4.78, 5) is 24.7. The van der Waals surface area contributed by atoms with Gasteiger partial charge in [0.15, 0.2) is 9.84 Å². The molecule has 2 N–H and O–H groups in total. The van der Waals surface area contributed by atoms with Crippen LogP contribution in [0.25, 0.3) is 10.8 Å². The van der Waals surface area contributed by atoms with Crippen LogP contribution in [-0.2, 0) is 16.4 Å². The highest BCUT2D eigenvalue weighted by Gasteiger charge is 2.14. The molecule has 0 aliphatic carbocycles. The van der Waals surface area contributed by atoms with Crippen molar-refractivity contribution >= 4 is 43.8 Å². The van der Waals surface area contributed by atoms with E-state index in [1.165, 1.54) is 12.1 Å². The van der Waals surface area contributed by atoms with Crippen molar-refractivity contribution in [2.24, 2.45) is 0 Å². The molecule has 1 aromatic carbocycles. The van der Waals surface area contributed by atoms with Gasteiger partial charge in [-0.3, -0.25) is 4.79 Å². The van der Waals surface area contributed by atoms with Crippen LogP contribution in [0.4, 0.5) is 23.1 Å². The number of benzene rings is 1. The van der Waals surface area contributed by atoms with Crippen molar-refractivity contribution < 1.29 is 8.42 Å². The molecule has 0 radical (unpaired) electrons. The molecule has 0 amide bonds. The lowest BCUT2D eigenvalue weighted by Gasteiger charge is -2.15.